The molecule has 1 aromatic carbocycles. The van der Waals surface area contributed by atoms with Crippen molar-refractivity contribution in [1.29, 1.82) is 0 Å². The fourth-order valence-corrected chi connectivity index (χ4v) is 2.68. The maximum absolute atomic E-state index is 5.77. The number of hydrogen-bond acceptors (Lipinski definition) is 4. The lowest BCUT2D eigenvalue weighted by atomic mass is 10.0. The van der Waals surface area contributed by atoms with Crippen LogP contribution in [-0.4, -0.2) is 40.8 Å². The van der Waals surface area contributed by atoms with Gasteiger partial charge >= 0.3 is 0 Å². The normalized spacial score (nSPS) is 11.8. The Labute approximate surface area is 159 Å². The molecule has 0 saturated heterocycles. The minimum atomic E-state index is 0.525. The first-order chi connectivity index (χ1) is 13.2. The van der Waals surface area contributed by atoms with Crippen molar-refractivity contribution in [3.05, 3.63) is 60.0 Å². The van der Waals surface area contributed by atoms with Gasteiger partial charge in [-0.25, -0.2) is 0 Å². The zero-order valence-electron chi connectivity index (χ0n) is 16.0. The first-order valence-corrected chi connectivity index (χ1v) is 9.13. The van der Waals surface area contributed by atoms with Crippen LogP contribution in [0.4, 0.5) is 0 Å². The summed E-state index contributed by atoms with van der Waals surface area (Å²) < 4.78 is 7.72. The van der Waals surface area contributed by atoms with Crippen molar-refractivity contribution < 1.29 is 4.74 Å². The van der Waals surface area contributed by atoms with Gasteiger partial charge in [0.05, 0.1) is 13.1 Å². The van der Waals surface area contributed by atoms with Gasteiger partial charge in [-0.2, -0.15) is 0 Å². The van der Waals surface area contributed by atoms with E-state index in [0.717, 1.165) is 17.2 Å². The second-order valence-electron chi connectivity index (χ2n) is 6.47. The van der Waals surface area contributed by atoms with Gasteiger partial charge in [-0.15, -0.1) is 10.2 Å². The molecule has 7 heteroatoms. The molecule has 0 saturated carbocycles. The van der Waals surface area contributed by atoms with E-state index in [1.807, 2.05) is 40.9 Å². The zero-order chi connectivity index (χ0) is 19.1. The van der Waals surface area contributed by atoms with Crippen LogP contribution in [0.2, 0.25) is 0 Å². The van der Waals surface area contributed by atoms with Crippen molar-refractivity contribution in [3.8, 4) is 5.75 Å². The van der Waals surface area contributed by atoms with Gasteiger partial charge in [0, 0.05) is 13.2 Å². The van der Waals surface area contributed by atoms with Crippen molar-refractivity contribution >= 4 is 11.6 Å². The third kappa shape index (κ3) is 4.97. The van der Waals surface area contributed by atoms with E-state index < -0.39 is 0 Å². The van der Waals surface area contributed by atoms with Crippen LogP contribution in [0.15, 0.2) is 53.7 Å². The van der Waals surface area contributed by atoms with Crippen LogP contribution in [0, 0.1) is 0 Å². The first-order valence-electron chi connectivity index (χ1n) is 9.13. The van der Waals surface area contributed by atoms with Crippen molar-refractivity contribution in [2.45, 2.75) is 26.3 Å². The molecule has 0 radical (unpaired) electrons. The number of pyridine rings is 1. The number of hydrogen-bond donors (Lipinski definition) is 2. The summed E-state index contributed by atoms with van der Waals surface area (Å²) in [5.41, 5.74) is 2.14. The Kier molecular flexibility index (Phi) is 6.25. The van der Waals surface area contributed by atoms with Gasteiger partial charge < -0.3 is 15.4 Å². The predicted molar refractivity (Wildman–Crippen MR) is 107 cm³/mol. The molecule has 0 bridgehead atoms. The maximum atomic E-state index is 5.77. The molecule has 7 nitrogen and oxygen atoms in total. The molecular weight excluding hydrogens is 340 g/mol. The average molecular weight is 366 g/mol. The highest BCUT2D eigenvalue weighted by atomic mass is 16.5. The molecule has 27 heavy (non-hydrogen) atoms. The number of ether oxygens (including phenoxy) is 1. The van der Waals surface area contributed by atoms with E-state index in [1.54, 1.807) is 7.05 Å². The van der Waals surface area contributed by atoms with Gasteiger partial charge in [0.1, 0.15) is 12.4 Å². The Balaban J connectivity index is 1.43. The summed E-state index contributed by atoms with van der Waals surface area (Å²) in [7, 11) is 1.74. The lowest BCUT2D eigenvalue weighted by molar-refractivity contribution is 0.322. The Bertz CT molecular complexity index is 885. The molecule has 0 aliphatic carbocycles. The minimum Gasteiger partial charge on any atom is -0.492 e. The molecule has 2 heterocycles. The fraction of sp³-hybridized carbons (Fsp3) is 0.350. The van der Waals surface area contributed by atoms with E-state index in [1.165, 1.54) is 5.56 Å². The van der Waals surface area contributed by atoms with Crippen LogP contribution in [0.25, 0.3) is 5.65 Å². The number of guanidine groups is 1. The first kappa shape index (κ1) is 18.7. The third-order valence-electron chi connectivity index (χ3n) is 4.23. The van der Waals surface area contributed by atoms with Gasteiger partial charge in [0.25, 0.3) is 0 Å². The molecule has 142 valence electrons. The summed E-state index contributed by atoms with van der Waals surface area (Å²) in [6.07, 6.45) is 1.95. The van der Waals surface area contributed by atoms with Gasteiger partial charge in [-0.3, -0.25) is 9.39 Å². The van der Waals surface area contributed by atoms with Crippen LogP contribution < -0.4 is 15.4 Å². The van der Waals surface area contributed by atoms with Gasteiger partial charge in [0.2, 0.25) is 0 Å². The van der Waals surface area contributed by atoms with E-state index in [-0.39, 0.29) is 0 Å². The molecule has 3 aromatic rings. The molecular formula is C20H26N6O. The molecule has 0 aliphatic rings. The van der Waals surface area contributed by atoms with E-state index in [9.17, 15) is 0 Å². The number of nitrogens with one attached hydrogen (secondary N) is 2. The maximum Gasteiger partial charge on any atom is 0.191 e. The van der Waals surface area contributed by atoms with Gasteiger partial charge in [-0.05, 0) is 35.7 Å². The van der Waals surface area contributed by atoms with Gasteiger partial charge in [-0.1, -0.05) is 32.0 Å². The standard InChI is InChI=1S/C20H26N6O/c1-15(2)16-7-9-17(10-8-16)27-13-11-22-20(21-3)23-14-19-25-24-18-6-4-5-12-26(18)19/h4-10,12,15H,11,13-14H2,1-3H3,(H2,21,22,23). The Morgan fingerprint density at radius 1 is 1.11 bits per heavy atom. The number of fused-ring (bicyclic) bond motifs is 1. The lowest BCUT2D eigenvalue weighted by Crippen LogP contribution is -2.39. The number of aromatic nitrogens is 3. The van der Waals surface area contributed by atoms with Crippen molar-refractivity contribution in [3.63, 3.8) is 0 Å². The van der Waals surface area contributed by atoms with Crippen molar-refractivity contribution in [2.75, 3.05) is 20.2 Å². The fourth-order valence-electron chi connectivity index (χ4n) is 2.68. The van der Waals surface area contributed by atoms with Crippen LogP contribution in [0.3, 0.4) is 0 Å². The van der Waals surface area contributed by atoms with Crippen molar-refractivity contribution in [1.82, 2.24) is 25.2 Å². The number of nitrogens with zero attached hydrogens (tertiary/aromatic N) is 4. The number of benzene rings is 1. The highest BCUT2D eigenvalue weighted by Crippen LogP contribution is 2.18. The number of aliphatic imine (C=N–C) groups is 1. The van der Waals surface area contributed by atoms with E-state index in [4.69, 9.17) is 4.74 Å². The zero-order valence-corrected chi connectivity index (χ0v) is 16.0. The van der Waals surface area contributed by atoms with Gasteiger partial charge in [0.15, 0.2) is 17.4 Å². The highest BCUT2D eigenvalue weighted by molar-refractivity contribution is 5.79. The summed E-state index contributed by atoms with van der Waals surface area (Å²) in [5, 5.41) is 14.8. The SMILES string of the molecule is CN=C(NCCOc1ccc(C(C)C)cc1)NCc1nnc2ccccn12. The lowest BCUT2D eigenvalue weighted by Gasteiger charge is -2.12. The molecule has 0 aliphatic heterocycles. The van der Waals surface area contributed by atoms with Crippen LogP contribution in [0.5, 0.6) is 5.75 Å². The Morgan fingerprint density at radius 2 is 1.93 bits per heavy atom. The van der Waals surface area contributed by atoms with Crippen LogP contribution in [-0.2, 0) is 6.54 Å². The quantitative estimate of drug-likeness (QED) is 0.382. The summed E-state index contributed by atoms with van der Waals surface area (Å²) in [6.45, 7) is 6.09. The molecule has 2 aromatic heterocycles. The monoisotopic (exact) mass is 366 g/mol. The molecule has 2 N–H and O–H groups in total. The summed E-state index contributed by atoms with van der Waals surface area (Å²) >= 11 is 0. The van der Waals surface area contributed by atoms with Crippen LogP contribution >= 0.6 is 0 Å². The third-order valence-corrected chi connectivity index (χ3v) is 4.23. The summed E-state index contributed by atoms with van der Waals surface area (Å²) in [4.78, 5) is 4.22. The molecule has 0 amide bonds. The Hall–Kier alpha value is -3.09. The predicted octanol–water partition coefficient (Wildman–Crippen LogP) is 2.60. The summed E-state index contributed by atoms with van der Waals surface area (Å²) in [5.74, 6) is 2.92. The largest absolute Gasteiger partial charge is 0.492 e. The minimum absolute atomic E-state index is 0.525. The topological polar surface area (TPSA) is 75.8 Å². The Morgan fingerprint density at radius 3 is 2.67 bits per heavy atom. The van der Waals surface area contributed by atoms with Crippen LogP contribution in [0.1, 0.15) is 31.2 Å². The van der Waals surface area contributed by atoms with E-state index in [2.05, 4.69) is 51.8 Å². The second kappa shape index (κ2) is 9.02. The smallest absolute Gasteiger partial charge is 0.191 e. The molecule has 0 atom stereocenters. The highest BCUT2D eigenvalue weighted by Gasteiger charge is 2.05. The summed E-state index contributed by atoms with van der Waals surface area (Å²) in [6, 6.07) is 14.1. The van der Waals surface area contributed by atoms with Crippen molar-refractivity contribution in [2.24, 2.45) is 4.99 Å². The average Bonchev–Trinajstić information content (AvgIpc) is 3.11. The molecule has 0 spiro atoms. The van der Waals surface area contributed by atoms with E-state index >= 15 is 0 Å². The molecule has 3 rings (SSSR count). The molecule has 0 fully saturated rings. The number of rotatable bonds is 7. The second-order valence-corrected chi connectivity index (χ2v) is 6.47. The van der Waals surface area contributed by atoms with E-state index in [0.29, 0.717) is 31.6 Å². The molecule has 0 unspecified atom stereocenters.